The number of benzene rings is 1. The molecule has 1 unspecified atom stereocenters. The Labute approximate surface area is 180 Å². The molecule has 1 atom stereocenters. The second kappa shape index (κ2) is 8.55. The maximum Gasteiger partial charge on any atom is 0.243 e. The largest absolute Gasteiger partial charge is 0.494 e. The van der Waals surface area contributed by atoms with Gasteiger partial charge < -0.3 is 14.8 Å². The number of anilines is 1. The molecular formula is C19H25N7O4S. The van der Waals surface area contributed by atoms with Crippen LogP contribution in [0.25, 0.3) is 17.2 Å². The van der Waals surface area contributed by atoms with Gasteiger partial charge in [0.1, 0.15) is 22.9 Å². The number of piperidine rings is 1. The molecule has 1 saturated heterocycles. The average Bonchev–Trinajstić information content (AvgIpc) is 3.39. The van der Waals surface area contributed by atoms with Crippen molar-refractivity contribution in [1.82, 2.24) is 29.9 Å². The van der Waals surface area contributed by atoms with Crippen LogP contribution in [0.4, 0.5) is 5.95 Å². The Kier molecular flexibility index (Phi) is 5.83. The van der Waals surface area contributed by atoms with Crippen molar-refractivity contribution in [2.24, 2.45) is 7.05 Å². The van der Waals surface area contributed by atoms with Crippen LogP contribution in [0.15, 0.2) is 30.5 Å². The zero-order chi connectivity index (χ0) is 22.0. The van der Waals surface area contributed by atoms with Crippen molar-refractivity contribution >= 4 is 16.0 Å². The third kappa shape index (κ3) is 4.08. The normalized spacial score (nSPS) is 16.8. The maximum atomic E-state index is 13.1. The number of methoxy groups -OCH3 is 2. The van der Waals surface area contributed by atoms with E-state index >= 15 is 0 Å². The summed E-state index contributed by atoms with van der Waals surface area (Å²) >= 11 is 0. The molecule has 0 spiro atoms. The van der Waals surface area contributed by atoms with Gasteiger partial charge in [-0.05, 0) is 37.6 Å². The van der Waals surface area contributed by atoms with E-state index in [0.29, 0.717) is 41.7 Å². The number of nitrogens with zero attached hydrogens (tertiary/aromatic N) is 5. The lowest BCUT2D eigenvalue weighted by molar-refractivity contribution is 0.391. The first-order valence-electron chi connectivity index (χ1n) is 9.83. The quantitative estimate of drug-likeness (QED) is 0.553. The summed E-state index contributed by atoms with van der Waals surface area (Å²) in [6, 6.07) is 7.06. The highest BCUT2D eigenvalue weighted by molar-refractivity contribution is 7.93. The first kappa shape index (κ1) is 21.1. The van der Waals surface area contributed by atoms with E-state index < -0.39 is 15.3 Å². The summed E-state index contributed by atoms with van der Waals surface area (Å²) in [7, 11) is 1.13. The van der Waals surface area contributed by atoms with E-state index in [9.17, 15) is 8.42 Å². The number of ether oxygens (including phenoxy) is 2. The second-order valence-electron chi connectivity index (χ2n) is 7.18. The van der Waals surface area contributed by atoms with Gasteiger partial charge in [-0.2, -0.15) is 5.10 Å². The number of aromatic nitrogens is 5. The number of hydrogen-bond donors (Lipinski definition) is 2. The highest BCUT2D eigenvalue weighted by Crippen LogP contribution is 2.37. The molecule has 1 aliphatic heterocycles. The molecule has 2 aromatic heterocycles. The number of nitrogens with one attached hydrogen (secondary N) is 2. The van der Waals surface area contributed by atoms with Crippen LogP contribution in [-0.2, 0) is 17.1 Å². The zero-order valence-corrected chi connectivity index (χ0v) is 18.4. The Hall–Kier alpha value is -3.12. The lowest BCUT2D eigenvalue weighted by Crippen LogP contribution is -2.41. The second-order valence-corrected chi connectivity index (χ2v) is 9.14. The molecule has 166 valence electrons. The predicted octanol–water partition coefficient (Wildman–Crippen LogP) is 1.18. The van der Waals surface area contributed by atoms with Crippen LogP contribution in [0.5, 0.6) is 11.5 Å². The summed E-state index contributed by atoms with van der Waals surface area (Å²) < 4.78 is 43.1. The Morgan fingerprint density at radius 1 is 1.16 bits per heavy atom. The van der Waals surface area contributed by atoms with Gasteiger partial charge >= 0.3 is 0 Å². The van der Waals surface area contributed by atoms with Crippen molar-refractivity contribution in [2.45, 2.75) is 18.1 Å². The van der Waals surface area contributed by atoms with Gasteiger partial charge in [0.15, 0.2) is 5.82 Å². The molecule has 0 bridgehead atoms. The molecule has 12 heteroatoms. The number of hydrogen-bond acceptors (Lipinski definition) is 8. The van der Waals surface area contributed by atoms with E-state index in [4.69, 9.17) is 9.47 Å². The van der Waals surface area contributed by atoms with Crippen molar-refractivity contribution in [2.75, 3.05) is 32.0 Å². The molecule has 0 saturated carbocycles. The van der Waals surface area contributed by atoms with Gasteiger partial charge in [0.25, 0.3) is 0 Å². The van der Waals surface area contributed by atoms with Gasteiger partial charge in [0.05, 0.1) is 19.5 Å². The van der Waals surface area contributed by atoms with Gasteiger partial charge in [-0.1, -0.05) is 6.07 Å². The first-order valence-corrected chi connectivity index (χ1v) is 11.4. The molecule has 1 aliphatic rings. The Bertz CT molecular complexity index is 1140. The molecule has 11 nitrogen and oxygen atoms in total. The fourth-order valence-electron chi connectivity index (χ4n) is 3.61. The zero-order valence-electron chi connectivity index (χ0n) is 17.6. The summed E-state index contributed by atoms with van der Waals surface area (Å²) in [6.45, 7) is 1.19. The monoisotopic (exact) mass is 447 g/mol. The fourth-order valence-corrected chi connectivity index (χ4v) is 4.98. The highest BCUT2D eigenvalue weighted by atomic mass is 32.2. The molecule has 1 fully saturated rings. The Balaban J connectivity index is 1.87. The SMILES string of the molecule is COc1cccc(OC)c1-n1c(NS(=O)(=O)C2CCCNC2)nnc1-c1ccn(C)n1. The van der Waals surface area contributed by atoms with Crippen molar-refractivity contribution in [1.29, 1.82) is 0 Å². The van der Waals surface area contributed by atoms with Crippen LogP contribution >= 0.6 is 0 Å². The van der Waals surface area contributed by atoms with Crippen LogP contribution in [0, 0.1) is 0 Å². The summed E-state index contributed by atoms with van der Waals surface area (Å²) in [6.07, 6.45) is 3.13. The first-order chi connectivity index (χ1) is 14.9. The summed E-state index contributed by atoms with van der Waals surface area (Å²) in [5, 5.41) is 15.4. The van der Waals surface area contributed by atoms with Crippen molar-refractivity contribution in [3.05, 3.63) is 30.5 Å². The van der Waals surface area contributed by atoms with Crippen LogP contribution in [-0.4, -0.2) is 65.5 Å². The molecule has 4 rings (SSSR count). The summed E-state index contributed by atoms with van der Waals surface area (Å²) in [4.78, 5) is 0. The van der Waals surface area contributed by atoms with Gasteiger partial charge in [0.2, 0.25) is 16.0 Å². The molecule has 0 radical (unpaired) electrons. The van der Waals surface area contributed by atoms with Crippen molar-refractivity contribution < 1.29 is 17.9 Å². The smallest absolute Gasteiger partial charge is 0.243 e. The molecule has 3 heterocycles. The van der Waals surface area contributed by atoms with Crippen LogP contribution < -0.4 is 19.5 Å². The molecule has 0 amide bonds. The summed E-state index contributed by atoms with van der Waals surface area (Å²) in [5.74, 6) is 1.32. The van der Waals surface area contributed by atoms with Crippen LogP contribution in [0.1, 0.15) is 12.8 Å². The molecule has 0 aliphatic carbocycles. The van der Waals surface area contributed by atoms with E-state index in [2.05, 4.69) is 25.3 Å². The van der Waals surface area contributed by atoms with E-state index in [1.807, 2.05) is 0 Å². The number of rotatable bonds is 7. The Morgan fingerprint density at radius 2 is 1.90 bits per heavy atom. The maximum absolute atomic E-state index is 13.1. The number of sulfonamides is 1. The minimum Gasteiger partial charge on any atom is -0.494 e. The van der Waals surface area contributed by atoms with E-state index in [1.165, 1.54) is 14.2 Å². The van der Waals surface area contributed by atoms with E-state index in [1.54, 1.807) is 46.8 Å². The van der Waals surface area contributed by atoms with Crippen LogP contribution in [0.2, 0.25) is 0 Å². The predicted molar refractivity (Wildman–Crippen MR) is 115 cm³/mol. The fraction of sp³-hybridized carbons (Fsp3) is 0.421. The molecule has 3 aromatic rings. The van der Waals surface area contributed by atoms with E-state index in [-0.39, 0.29) is 5.95 Å². The van der Waals surface area contributed by atoms with Gasteiger partial charge in [0, 0.05) is 19.8 Å². The average molecular weight is 448 g/mol. The topological polar surface area (TPSA) is 125 Å². The lowest BCUT2D eigenvalue weighted by Gasteiger charge is -2.23. The molecule has 2 N–H and O–H groups in total. The van der Waals surface area contributed by atoms with Crippen molar-refractivity contribution in [3.63, 3.8) is 0 Å². The molecule has 31 heavy (non-hydrogen) atoms. The van der Waals surface area contributed by atoms with Crippen molar-refractivity contribution in [3.8, 4) is 28.7 Å². The number of aryl methyl sites for hydroxylation is 1. The van der Waals surface area contributed by atoms with Gasteiger partial charge in [-0.25, -0.2) is 8.42 Å². The Morgan fingerprint density at radius 3 is 2.48 bits per heavy atom. The lowest BCUT2D eigenvalue weighted by atomic mass is 10.2. The third-order valence-corrected chi connectivity index (χ3v) is 6.90. The van der Waals surface area contributed by atoms with Crippen LogP contribution in [0.3, 0.4) is 0 Å². The third-order valence-electron chi connectivity index (χ3n) is 5.16. The minimum atomic E-state index is -3.71. The highest BCUT2D eigenvalue weighted by Gasteiger charge is 2.31. The molecule has 1 aromatic carbocycles. The number of para-hydroxylation sites is 1. The van der Waals surface area contributed by atoms with Gasteiger partial charge in [-0.15, -0.1) is 10.2 Å². The minimum absolute atomic E-state index is 0.0361. The molecular weight excluding hydrogens is 422 g/mol. The summed E-state index contributed by atoms with van der Waals surface area (Å²) in [5.41, 5.74) is 0.991. The standard InChI is InChI=1S/C19H25N7O4S/c1-25-11-9-14(23-25)18-21-22-19(24-31(27,28)13-6-5-10-20-12-13)26(18)17-15(29-2)7-4-8-16(17)30-3/h4,7-9,11,13,20H,5-6,10,12H2,1-3H3,(H,22,24). The van der Waals surface area contributed by atoms with Gasteiger partial charge in [-0.3, -0.25) is 14.0 Å². The van der Waals surface area contributed by atoms with E-state index in [0.717, 1.165) is 13.0 Å².